The lowest BCUT2D eigenvalue weighted by atomic mass is 10.0. The van der Waals surface area contributed by atoms with E-state index in [2.05, 4.69) is 81.5 Å². The predicted molar refractivity (Wildman–Crippen MR) is 261 cm³/mol. The van der Waals surface area contributed by atoms with Gasteiger partial charge in [0.15, 0.2) is 6.10 Å². The molecule has 0 radical (unpaired) electrons. The Morgan fingerprint density at radius 1 is 0.328 bits per heavy atom. The quantitative estimate of drug-likeness (QED) is 0.0263. The van der Waals surface area contributed by atoms with E-state index < -0.39 is 6.10 Å². The second kappa shape index (κ2) is 49.8. The topological polar surface area (TPSA) is 78.9 Å². The zero-order valence-corrected chi connectivity index (χ0v) is 40.2. The van der Waals surface area contributed by atoms with Gasteiger partial charge >= 0.3 is 17.9 Å². The van der Waals surface area contributed by atoms with Gasteiger partial charge < -0.3 is 14.2 Å². The third-order valence-electron chi connectivity index (χ3n) is 11.0. The molecule has 0 heterocycles. The van der Waals surface area contributed by atoms with Gasteiger partial charge in [0, 0.05) is 19.3 Å². The largest absolute Gasteiger partial charge is 0.462 e. The number of rotatable bonds is 46. The molecular weight excluding hydrogens is 757 g/mol. The maximum Gasteiger partial charge on any atom is 0.306 e. The number of hydrogen-bond acceptors (Lipinski definition) is 6. The van der Waals surface area contributed by atoms with Gasteiger partial charge in [-0.25, -0.2) is 0 Å². The first-order chi connectivity index (χ1) is 30.0. The fourth-order valence-corrected chi connectivity index (χ4v) is 7.05. The van der Waals surface area contributed by atoms with Crippen LogP contribution >= 0.6 is 0 Å². The molecule has 0 saturated carbocycles. The third-order valence-corrected chi connectivity index (χ3v) is 11.0. The van der Waals surface area contributed by atoms with E-state index in [1.54, 1.807) is 0 Å². The van der Waals surface area contributed by atoms with Gasteiger partial charge in [0.05, 0.1) is 0 Å². The number of esters is 3. The molecule has 0 rings (SSSR count). The van der Waals surface area contributed by atoms with Crippen molar-refractivity contribution < 1.29 is 28.6 Å². The van der Waals surface area contributed by atoms with Crippen LogP contribution in [0.1, 0.15) is 252 Å². The van der Waals surface area contributed by atoms with Gasteiger partial charge in [0.2, 0.25) is 0 Å². The molecule has 0 unspecified atom stereocenters. The Labute approximate surface area is 377 Å². The minimum absolute atomic E-state index is 0.0874. The lowest BCUT2D eigenvalue weighted by molar-refractivity contribution is -0.167. The van der Waals surface area contributed by atoms with E-state index >= 15 is 0 Å². The van der Waals surface area contributed by atoms with Crippen molar-refractivity contribution in [3.05, 3.63) is 60.8 Å². The SMILES string of the molecule is CCCC/C=C\CCCCCCCC(=O)OC[C@@H](COC(=O)CCCCC/C=C\C/C=C\C/C=C\C/C=C\CCCCC)OC(=O)CCCCCCCCCCCCCCC. The van der Waals surface area contributed by atoms with Crippen molar-refractivity contribution in [1.82, 2.24) is 0 Å². The maximum atomic E-state index is 12.8. The van der Waals surface area contributed by atoms with E-state index in [1.165, 1.54) is 122 Å². The molecule has 0 aromatic carbocycles. The molecule has 6 heteroatoms. The van der Waals surface area contributed by atoms with Crippen molar-refractivity contribution in [2.24, 2.45) is 0 Å². The van der Waals surface area contributed by atoms with E-state index in [0.717, 1.165) is 89.9 Å². The molecule has 0 aromatic heterocycles. The van der Waals surface area contributed by atoms with Crippen LogP contribution in [0.4, 0.5) is 0 Å². The zero-order valence-electron chi connectivity index (χ0n) is 40.2. The summed E-state index contributed by atoms with van der Waals surface area (Å²) < 4.78 is 16.7. The van der Waals surface area contributed by atoms with E-state index in [0.29, 0.717) is 19.3 Å². The van der Waals surface area contributed by atoms with Gasteiger partial charge in [0.1, 0.15) is 13.2 Å². The molecule has 0 fully saturated rings. The summed E-state index contributed by atoms with van der Waals surface area (Å²) in [7, 11) is 0. The first-order valence-corrected chi connectivity index (χ1v) is 25.8. The molecule has 0 bridgehead atoms. The molecule has 6 nitrogen and oxygen atoms in total. The number of unbranched alkanes of at least 4 members (excludes halogenated alkanes) is 25. The van der Waals surface area contributed by atoms with Gasteiger partial charge in [-0.2, -0.15) is 0 Å². The van der Waals surface area contributed by atoms with Crippen molar-refractivity contribution >= 4 is 17.9 Å². The van der Waals surface area contributed by atoms with E-state index in [1.807, 2.05) is 0 Å². The maximum absolute atomic E-state index is 12.8. The average molecular weight is 853 g/mol. The van der Waals surface area contributed by atoms with Crippen molar-refractivity contribution in [3.63, 3.8) is 0 Å². The molecule has 0 aliphatic carbocycles. The number of hydrogen-bond donors (Lipinski definition) is 0. The molecule has 0 amide bonds. The number of ether oxygens (including phenoxy) is 3. The standard InChI is InChI=1S/C55H96O6/c1-4-7-10-13-16-19-22-24-25-26-27-28-29-31-33-36-39-42-45-48-54(57)60-51-52(50-59-53(56)47-44-41-38-35-32-21-18-15-12-9-6-3)61-55(58)49-46-43-40-37-34-30-23-20-17-14-11-8-5-2/h15-16,18-19,24-25,27-28,31,33,52H,4-14,17,20-23,26,29-30,32,34-51H2,1-3H3/b18-15-,19-16-,25-24-,28-27-,33-31-/t52-/m0/s1. The fourth-order valence-electron chi connectivity index (χ4n) is 7.05. The highest BCUT2D eigenvalue weighted by atomic mass is 16.6. The highest BCUT2D eigenvalue weighted by molar-refractivity contribution is 5.71. The Morgan fingerprint density at radius 3 is 1.03 bits per heavy atom. The first kappa shape index (κ1) is 58.1. The highest BCUT2D eigenvalue weighted by Gasteiger charge is 2.19. The highest BCUT2D eigenvalue weighted by Crippen LogP contribution is 2.15. The summed E-state index contributed by atoms with van der Waals surface area (Å²) in [6.45, 7) is 6.54. The number of carbonyl (C=O) groups is 3. The Balaban J connectivity index is 4.40. The zero-order chi connectivity index (χ0) is 44.4. The van der Waals surface area contributed by atoms with Crippen molar-refractivity contribution in [3.8, 4) is 0 Å². The van der Waals surface area contributed by atoms with Crippen LogP contribution in [0.5, 0.6) is 0 Å². The van der Waals surface area contributed by atoms with Gasteiger partial charge in [-0.05, 0) is 83.5 Å². The van der Waals surface area contributed by atoms with Gasteiger partial charge in [-0.15, -0.1) is 0 Å². The second-order valence-electron chi connectivity index (χ2n) is 17.1. The number of carbonyl (C=O) groups excluding carboxylic acids is 3. The van der Waals surface area contributed by atoms with Crippen molar-refractivity contribution in [2.75, 3.05) is 13.2 Å². The van der Waals surface area contributed by atoms with Crippen LogP contribution in [-0.4, -0.2) is 37.2 Å². The number of allylic oxidation sites excluding steroid dienone is 10. The van der Waals surface area contributed by atoms with E-state index in [9.17, 15) is 14.4 Å². The van der Waals surface area contributed by atoms with Crippen molar-refractivity contribution in [1.29, 1.82) is 0 Å². The Kier molecular flexibility index (Phi) is 47.4. The van der Waals surface area contributed by atoms with Crippen LogP contribution < -0.4 is 0 Å². The lowest BCUT2D eigenvalue weighted by Gasteiger charge is -2.18. The molecule has 0 spiro atoms. The molecule has 352 valence electrons. The van der Waals surface area contributed by atoms with E-state index in [-0.39, 0.29) is 31.1 Å². The molecule has 0 N–H and O–H groups in total. The van der Waals surface area contributed by atoms with Crippen LogP contribution in [0.15, 0.2) is 60.8 Å². The molecule has 0 aliphatic heterocycles. The van der Waals surface area contributed by atoms with Gasteiger partial charge in [-0.3, -0.25) is 14.4 Å². The second-order valence-corrected chi connectivity index (χ2v) is 17.1. The minimum Gasteiger partial charge on any atom is -0.462 e. The molecule has 0 saturated heterocycles. The monoisotopic (exact) mass is 853 g/mol. The molecular formula is C55H96O6. The summed E-state index contributed by atoms with van der Waals surface area (Å²) in [5.74, 6) is -0.924. The summed E-state index contributed by atoms with van der Waals surface area (Å²) in [5.41, 5.74) is 0. The Hall–Kier alpha value is -2.89. The smallest absolute Gasteiger partial charge is 0.306 e. The molecule has 0 aromatic rings. The molecule has 1 atom stereocenters. The van der Waals surface area contributed by atoms with Crippen LogP contribution in [0.2, 0.25) is 0 Å². The average Bonchev–Trinajstić information content (AvgIpc) is 3.26. The van der Waals surface area contributed by atoms with Crippen LogP contribution in [-0.2, 0) is 28.6 Å². The summed E-state index contributed by atoms with van der Waals surface area (Å²) in [6, 6.07) is 0. The Morgan fingerprint density at radius 2 is 0.607 bits per heavy atom. The summed E-state index contributed by atoms with van der Waals surface area (Å²) in [5, 5.41) is 0. The molecule has 61 heavy (non-hydrogen) atoms. The minimum atomic E-state index is -0.787. The molecule has 0 aliphatic rings. The van der Waals surface area contributed by atoms with Crippen LogP contribution in [0, 0.1) is 0 Å². The van der Waals surface area contributed by atoms with Gasteiger partial charge in [0.25, 0.3) is 0 Å². The fraction of sp³-hybridized carbons (Fsp3) is 0.764. The predicted octanol–water partition coefficient (Wildman–Crippen LogP) is 16.9. The Bertz CT molecular complexity index is 1120. The summed E-state index contributed by atoms with van der Waals surface area (Å²) >= 11 is 0. The first-order valence-electron chi connectivity index (χ1n) is 25.8. The third kappa shape index (κ3) is 48.0. The lowest BCUT2D eigenvalue weighted by Crippen LogP contribution is -2.30. The van der Waals surface area contributed by atoms with Crippen molar-refractivity contribution in [2.45, 2.75) is 258 Å². The normalized spacial score (nSPS) is 12.5. The van der Waals surface area contributed by atoms with Crippen LogP contribution in [0.3, 0.4) is 0 Å². The summed E-state index contributed by atoms with van der Waals surface area (Å²) in [6.07, 6.45) is 60.6. The van der Waals surface area contributed by atoms with Crippen LogP contribution in [0.25, 0.3) is 0 Å². The van der Waals surface area contributed by atoms with E-state index in [4.69, 9.17) is 14.2 Å². The van der Waals surface area contributed by atoms with Gasteiger partial charge in [-0.1, -0.05) is 210 Å². The summed E-state index contributed by atoms with van der Waals surface area (Å²) in [4.78, 5) is 37.9.